The van der Waals surface area contributed by atoms with Crippen molar-refractivity contribution >= 4 is 27.4 Å². The fourth-order valence-corrected chi connectivity index (χ4v) is 5.65. The van der Waals surface area contributed by atoms with Crippen LogP contribution in [0.1, 0.15) is 96.8 Å². The number of hydrogen-bond donors (Lipinski definition) is 3. The minimum absolute atomic E-state index is 0.0826. The van der Waals surface area contributed by atoms with E-state index >= 15 is 0 Å². The predicted octanol–water partition coefficient (Wildman–Crippen LogP) is 9.63. The molecule has 0 fully saturated rings. The summed E-state index contributed by atoms with van der Waals surface area (Å²) < 4.78 is 37.1. The average molecular weight is 624 g/mol. The number of urea groups is 1. The Morgan fingerprint density at radius 2 is 1.20 bits per heavy atom. The molecule has 2 amide bonds. The maximum Gasteiger partial charge on any atom is 0.323 e. The van der Waals surface area contributed by atoms with Gasteiger partial charge in [0.05, 0.1) is 6.61 Å². The van der Waals surface area contributed by atoms with Crippen LogP contribution in [-0.4, -0.2) is 21.1 Å². The number of primary sulfonamides is 1. The van der Waals surface area contributed by atoms with Crippen molar-refractivity contribution in [2.45, 2.75) is 102 Å². The minimum Gasteiger partial charge on any atom is -0.491 e. The number of rotatable bonds is 21. The molecule has 8 nitrogen and oxygen atoms in total. The lowest BCUT2D eigenvalue weighted by atomic mass is 10.0. The highest BCUT2D eigenvalue weighted by Crippen LogP contribution is 2.42. The fraction of sp³-hybridized carbons (Fsp3) is 0.457. The summed E-state index contributed by atoms with van der Waals surface area (Å²) in [4.78, 5) is 12.7. The Kier molecular flexibility index (Phi) is 15.6. The molecular formula is C35H49N3O5S. The number of hydrogen-bond acceptors (Lipinski definition) is 5. The highest BCUT2D eigenvalue weighted by Gasteiger charge is 2.25. The van der Waals surface area contributed by atoms with Crippen molar-refractivity contribution in [3.05, 3.63) is 72.8 Å². The normalized spacial score (nSPS) is 11.2. The van der Waals surface area contributed by atoms with E-state index in [0.29, 0.717) is 23.8 Å². The first-order valence-corrected chi connectivity index (χ1v) is 17.6. The molecule has 0 bridgehead atoms. The van der Waals surface area contributed by atoms with Gasteiger partial charge >= 0.3 is 6.03 Å². The zero-order valence-electron chi connectivity index (χ0n) is 26.1. The van der Waals surface area contributed by atoms with Gasteiger partial charge in [-0.2, -0.15) is 0 Å². The van der Waals surface area contributed by atoms with Gasteiger partial charge in [-0.25, -0.2) is 18.4 Å². The molecule has 44 heavy (non-hydrogen) atoms. The van der Waals surface area contributed by atoms with Crippen molar-refractivity contribution in [2.24, 2.45) is 5.14 Å². The van der Waals surface area contributed by atoms with Crippen molar-refractivity contribution < 1.29 is 22.7 Å². The van der Waals surface area contributed by atoms with Crippen molar-refractivity contribution in [1.82, 2.24) is 0 Å². The Hall–Kier alpha value is -3.56. The molecule has 0 saturated carbocycles. The lowest BCUT2D eigenvalue weighted by molar-refractivity contribution is 0.261. The third-order valence-corrected chi connectivity index (χ3v) is 8.31. The third-order valence-electron chi connectivity index (χ3n) is 7.38. The first-order chi connectivity index (χ1) is 21.4. The van der Waals surface area contributed by atoms with E-state index in [1.54, 1.807) is 48.5 Å². The van der Waals surface area contributed by atoms with Crippen LogP contribution in [0.2, 0.25) is 0 Å². The Bertz CT molecular complexity index is 1350. The maximum atomic E-state index is 13.0. The number of carbonyl (C=O) groups is 1. The molecular weight excluding hydrogens is 574 g/mol. The van der Waals surface area contributed by atoms with Crippen LogP contribution in [-0.2, 0) is 10.0 Å². The number of nitrogens with two attached hydrogens (primary N) is 1. The SMILES string of the molecule is CCCCCCCCCCCCCCCCOc1ccc(S(N)(=O)=O)c(Oc2ccccc2)c1NC(=O)Nc1ccccc1. The summed E-state index contributed by atoms with van der Waals surface area (Å²) in [6.07, 6.45) is 17.6. The fourth-order valence-electron chi connectivity index (χ4n) is 4.99. The van der Waals surface area contributed by atoms with Crippen molar-refractivity contribution in [3.63, 3.8) is 0 Å². The van der Waals surface area contributed by atoms with Crippen molar-refractivity contribution in [1.29, 1.82) is 0 Å². The van der Waals surface area contributed by atoms with E-state index < -0.39 is 16.1 Å². The Balaban J connectivity index is 1.57. The molecule has 0 heterocycles. The molecule has 9 heteroatoms. The number of anilines is 2. The predicted molar refractivity (Wildman–Crippen MR) is 179 cm³/mol. The van der Waals surface area contributed by atoms with E-state index in [0.717, 1.165) is 19.3 Å². The Morgan fingerprint density at radius 1 is 0.682 bits per heavy atom. The second-order valence-corrected chi connectivity index (χ2v) is 12.6. The quantitative estimate of drug-likeness (QED) is 0.102. The summed E-state index contributed by atoms with van der Waals surface area (Å²) in [5, 5.41) is 11.0. The molecule has 4 N–H and O–H groups in total. The summed E-state index contributed by atoms with van der Waals surface area (Å²) in [6, 6.07) is 19.9. The molecule has 0 aliphatic carbocycles. The van der Waals surface area contributed by atoms with Crippen LogP contribution in [0.4, 0.5) is 16.2 Å². The van der Waals surface area contributed by atoms with Crippen LogP contribution in [0.15, 0.2) is 77.7 Å². The van der Waals surface area contributed by atoms with E-state index in [1.807, 2.05) is 12.1 Å². The van der Waals surface area contributed by atoms with E-state index in [1.165, 1.54) is 82.8 Å². The molecule has 0 aromatic heterocycles. The highest BCUT2D eigenvalue weighted by molar-refractivity contribution is 7.89. The second kappa shape index (κ2) is 19.7. The van der Waals surface area contributed by atoms with Gasteiger partial charge in [-0.1, -0.05) is 127 Å². The molecule has 0 atom stereocenters. The Morgan fingerprint density at radius 3 is 1.75 bits per heavy atom. The van der Waals surface area contributed by atoms with Crippen molar-refractivity contribution in [3.8, 4) is 17.2 Å². The zero-order chi connectivity index (χ0) is 31.5. The van der Waals surface area contributed by atoms with Crippen LogP contribution in [0.5, 0.6) is 17.2 Å². The minimum atomic E-state index is -4.19. The van der Waals surface area contributed by atoms with E-state index in [9.17, 15) is 13.2 Å². The molecule has 0 saturated heterocycles. The van der Waals surface area contributed by atoms with Gasteiger partial charge in [0.2, 0.25) is 10.0 Å². The topological polar surface area (TPSA) is 120 Å². The van der Waals surface area contributed by atoms with Gasteiger partial charge in [0.25, 0.3) is 0 Å². The molecule has 0 unspecified atom stereocenters. The highest BCUT2D eigenvalue weighted by atomic mass is 32.2. The molecule has 0 radical (unpaired) electrons. The second-order valence-electron chi connectivity index (χ2n) is 11.1. The molecule has 3 aromatic rings. The van der Waals surface area contributed by atoms with Crippen LogP contribution < -0.4 is 25.2 Å². The number of carbonyl (C=O) groups excluding carboxylic acids is 1. The average Bonchev–Trinajstić information content (AvgIpc) is 3.00. The smallest absolute Gasteiger partial charge is 0.323 e. The van der Waals surface area contributed by atoms with Crippen LogP contribution in [0.25, 0.3) is 0 Å². The zero-order valence-corrected chi connectivity index (χ0v) is 26.9. The first-order valence-electron chi connectivity index (χ1n) is 16.1. The van der Waals surface area contributed by atoms with Gasteiger partial charge in [0, 0.05) is 5.69 Å². The van der Waals surface area contributed by atoms with Crippen molar-refractivity contribution in [2.75, 3.05) is 17.2 Å². The van der Waals surface area contributed by atoms with Gasteiger partial charge < -0.3 is 20.1 Å². The first kappa shape index (κ1) is 34.9. The third kappa shape index (κ3) is 13.0. The summed E-state index contributed by atoms with van der Waals surface area (Å²) >= 11 is 0. The van der Waals surface area contributed by atoms with Gasteiger partial charge in [-0.15, -0.1) is 0 Å². The van der Waals surface area contributed by atoms with Crippen LogP contribution in [0, 0.1) is 0 Å². The molecule has 3 aromatic carbocycles. The summed E-state index contributed by atoms with van der Waals surface area (Å²) in [5.74, 6) is 0.564. The number of sulfonamides is 1. The summed E-state index contributed by atoms with van der Waals surface area (Å²) in [7, 11) is -4.19. The van der Waals surface area contributed by atoms with Gasteiger partial charge in [-0.3, -0.25) is 0 Å². The lowest BCUT2D eigenvalue weighted by Crippen LogP contribution is -2.21. The summed E-state index contributed by atoms with van der Waals surface area (Å²) in [5.41, 5.74) is 0.655. The maximum absolute atomic E-state index is 13.0. The Labute approximate surface area is 263 Å². The van der Waals surface area contributed by atoms with E-state index in [-0.39, 0.29) is 16.3 Å². The molecule has 0 spiro atoms. The lowest BCUT2D eigenvalue weighted by Gasteiger charge is -2.19. The van der Waals surface area contributed by atoms with Gasteiger partial charge in [0.15, 0.2) is 5.75 Å². The number of para-hydroxylation sites is 2. The van der Waals surface area contributed by atoms with Crippen LogP contribution in [0.3, 0.4) is 0 Å². The molecule has 240 valence electrons. The van der Waals surface area contributed by atoms with E-state index in [4.69, 9.17) is 14.6 Å². The number of nitrogens with one attached hydrogen (secondary N) is 2. The monoisotopic (exact) mass is 623 g/mol. The largest absolute Gasteiger partial charge is 0.491 e. The number of unbranched alkanes of at least 4 members (excludes halogenated alkanes) is 13. The molecule has 0 aliphatic rings. The number of amides is 2. The van der Waals surface area contributed by atoms with Crippen LogP contribution >= 0.6 is 0 Å². The summed E-state index contributed by atoms with van der Waals surface area (Å²) in [6.45, 7) is 2.67. The van der Waals surface area contributed by atoms with Gasteiger partial charge in [-0.05, 0) is 42.8 Å². The number of ether oxygens (including phenoxy) is 2. The van der Waals surface area contributed by atoms with E-state index in [2.05, 4.69) is 17.6 Å². The number of benzene rings is 3. The van der Waals surface area contributed by atoms with Gasteiger partial charge in [0.1, 0.15) is 22.1 Å². The standard InChI is InChI=1S/C35H49N3O5S/c1-2-3-4-5-6-7-8-9-10-11-12-13-14-21-28-42-31-26-27-32(44(36,40)41)34(43-30-24-19-16-20-25-30)33(31)38-35(39)37-29-22-17-15-18-23-29/h15-20,22-27H,2-14,21,28H2,1H3,(H2,36,40,41)(H2,37,38,39). The molecule has 3 rings (SSSR count). The molecule has 0 aliphatic heterocycles.